The van der Waals surface area contributed by atoms with Gasteiger partial charge in [-0.3, -0.25) is 0 Å². The number of furan rings is 1. The molecule has 2 heterocycles. The molecule has 2 N–H and O–H groups in total. The molecule has 2 aliphatic rings. The first kappa shape index (κ1) is 18.4. The van der Waals surface area contributed by atoms with Gasteiger partial charge in [0.2, 0.25) is 5.95 Å². The van der Waals surface area contributed by atoms with Gasteiger partial charge in [-0.25, -0.2) is 4.98 Å². The number of fused-ring (bicyclic) bond motifs is 1. The van der Waals surface area contributed by atoms with Crippen LogP contribution in [0.4, 0.5) is 11.8 Å². The van der Waals surface area contributed by atoms with Crippen molar-refractivity contribution in [2.24, 2.45) is 5.41 Å². The van der Waals surface area contributed by atoms with Crippen LogP contribution < -0.4 is 15.5 Å². The third kappa shape index (κ3) is 3.69. The number of rotatable bonds is 6. The summed E-state index contributed by atoms with van der Waals surface area (Å²) in [5.41, 5.74) is 2.65. The largest absolute Gasteiger partial charge is 0.472 e. The molecule has 2 saturated carbocycles. The maximum Gasteiger partial charge on any atom is 0.225 e. The Labute approximate surface area is 171 Å². The second-order valence-electron chi connectivity index (χ2n) is 8.83. The molecule has 152 valence electrons. The zero-order valence-electron chi connectivity index (χ0n) is 17.2. The molecule has 1 atom stereocenters. The molecule has 0 amide bonds. The van der Waals surface area contributed by atoms with E-state index in [1.54, 1.807) is 6.26 Å². The molecule has 2 aliphatic carbocycles. The van der Waals surface area contributed by atoms with E-state index in [-0.39, 0.29) is 0 Å². The number of hydrogen-bond donors (Lipinski definition) is 2. The van der Waals surface area contributed by atoms with E-state index in [4.69, 9.17) is 14.4 Å². The Morgan fingerprint density at radius 1 is 1.14 bits per heavy atom. The van der Waals surface area contributed by atoms with Crippen LogP contribution in [0.3, 0.4) is 0 Å². The highest BCUT2D eigenvalue weighted by Gasteiger charge is 2.55. The van der Waals surface area contributed by atoms with Gasteiger partial charge in [-0.2, -0.15) is 4.98 Å². The van der Waals surface area contributed by atoms with E-state index < -0.39 is 0 Å². The van der Waals surface area contributed by atoms with E-state index in [1.165, 1.54) is 37.7 Å². The molecular weight excluding hydrogens is 362 g/mol. The fourth-order valence-corrected chi connectivity index (χ4v) is 4.78. The molecule has 0 saturated heterocycles. The van der Waals surface area contributed by atoms with E-state index in [1.807, 2.05) is 38.6 Å². The van der Waals surface area contributed by atoms with Crippen molar-refractivity contribution in [1.82, 2.24) is 15.3 Å². The Hall–Kier alpha value is -2.60. The van der Waals surface area contributed by atoms with Crippen LogP contribution in [-0.4, -0.2) is 36.1 Å². The van der Waals surface area contributed by atoms with Gasteiger partial charge in [0.25, 0.3) is 0 Å². The van der Waals surface area contributed by atoms with E-state index in [2.05, 4.69) is 27.7 Å². The molecular formula is C23H29N5O. The quantitative estimate of drug-likeness (QED) is 0.657. The van der Waals surface area contributed by atoms with Gasteiger partial charge in [0, 0.05) is 43.7 Å². The molecule has 29 heavy (non-hydrogen) atoms. The van der Waals surface area contributed by atoms with Gasteiger partial charge < -0.3 is 20.0 Å². The molecule has 5 rings (SSSR count). The Morgan fingerprint density at radius 2 is 1.97 bits per heavy atom. The highest BCUT2D eigenvalue weighted by molar-refractivity contribution is 5.90. The molecule has 3 aromatic rings. The van der Waals surface area contributed by atoms with Crippen molar-refractivity contribution >= 4 is 22.7 Å². The summed E-state index contributed by atoms with van der Waals surface area (Å²) in [5.74, 6) is 1.73. The summed E-state index contributed by atoms with van der Waals surface area (Å²) in [5, 5.41) is 8.43. The molecule has 2 fully saturated rings. The second-order valence-corrected chi connectivity index (χ2v) is 8.83. The van der Waals surface area contributed by atoms with Crippen molar-refractivity contribution < 1.29 is 4.42 Å². The van der Waals surface area contributed by atoms with Crippen molar-refractivity contribution in [3.63, 3.8) is 0 Å². The van der Waals surface area contributed by atoms with E-state index in [0.29, 0.717) is 17.5 Å². The maximum atomic E-state index is 5.15. The first-order chi connectivity index (χ1) is 14.1. The highest BCUT2D eigenvalue weighted by Crippen LogP contribution is 2.57. The van der Waals surface area contributed by atoms with E-state index >= 15 is 0 Å². The smallest absolute Gasteiger partial charge is 0.225 e. The molecule has 0 aliphatic heterocycles. The van der Waals surface area contributed by atoms with Gasteiger partial charge in [-0.05, 0) is 55.7 Å². The lowest BCUT2D eigenvalue weighted by molar-refractivity contribution is 0.269. The summed E-state index contributed by atoms with van der Waals surface area (Å²) in [6.07, 6.45) is 9.79. The number of nitrogens with zero attached hydrogens (tertiary/aromatic N) is 3. The minimum Gasteiger partial charge on any atom is -0.472 e. The van der Waals surface area contributed by atoms with E-state index in [9.17, 15) is 0 Å². The summed E-state index contributed by atoms with van der Waals surface area (Å²) in [6.45, 7) is 0.897. The van der Waals surface area contributed by atoms with E-state index in [0.717, 1.165) is 29.2 Å². The summed E-state index contributed by atoms with van der Waals surface area (Å²) >= 11 is 0. The zero-order chi connectivity index (χ0) is 19.8. The van der Waals surface area contributed by atoms with Crippen molar-refractivity contribution in [3.8, 4) is 0 Å². The molecule has 1 aromatic carbocycles. The third-order valence-corrected chi connectivity index (χ3v) is 6.66. The van der Waals surface area contributed by atoms with Crippen LogP contribution >= 0.6 is 0 Å². The Morgan fingerprint density at radius 3 is 2.72 bits per heavy atom. The number of para-hydroxylation sites is 1. The fourth-order valence-electron chi connectivity index (χ4n) is 4.78. The molecule has 1 unspecified atom stereocenters. The lowest BCUT2D eigenvalue weighted by Crippen LogP contribution is -2.34. The summed E-state index contributed by atoms with van der Waals surface area (Å²) in [4.78, 5) is 11.7. The van der Waals surface area contributed by atoms with Crippen molar-refractivity contribution in [2.45, 2.75) is 50.7 Å². The van der Waals surface area contributed by atoms with Gasteiger partial charge in [-0.15, -0.1) is 0 Å². The van der Waals surface area contributed by atoms with Crippen LogP contribution in [0.5, 0.6) is 0 Å². The van der Waals surface area contributed by atoms with Crippen LogP contribution in [-0.2, 0) is 6.54 Å². The number of benzene rings is 1. The molecule has 0 bridgehead atoms. The van der Waals surface area contributed by atoms with Gasteiger partial charge in [0.15, 0.2) is 0 Å². The minimum absolute atomic E-state index is 0.432. The summed E-state index contributed by atoms with van der Waals surface area (Å²) in [6, 6.07) is 11.4. The standard InChI is InChI=1S/C23H29N5O/c1-28(2)21-18-5-3-4-6-19(18)25-22(27-21)26-20-13-23(20)10-7-17(8-11-23)24-14-16-9-12-29-15-16/h3-6,9,12,15,17,20,24H,7-8,10-11,13-14H2,1-2H3,(H,25,26,27). The van der Waals surface area contributed by atoms with Gasteiger partial charge in [0.1, 0.15) is 5.82 Å². The normalized spacial score (nSPS) is 26.0. The number of hydrogen-bond acceptors (Lipinski definition) is 6. The molecule has 6 heteroatoms. The van der Waals surface area contributed by atoms with Crippen molar-refractivity contribution in [3.05, 3.63) is 48.4 Å². The first-order valence-electron chi connectivity index (χ1n) is 10.6. The minimum atomic E-state index is 0.432. The van der Waals surface area contributed by atoms with Gasteiger partial charge in [-0.1, -0.05) is 12.1 Å². The number of nitrogens with one attached hydrogen (secondary N) is 2. The van der Waals surface area contributed by atoms with Crippen LogP contribution in [0.15, 0.2) is 47.3 Å². The number of aromatic nitrogens is 2. The monoisotopic (exact) mass is 391 g/mol. The molecule has 6 nitrogen and oxygen atoms in total. The van der Waals surface area contributed by atoms with Gasteiger partial charge in [0.05, 0.1) is 18.0 Å². The van der Waals surface area contributed by atoms with Crippen molar-refractivity contribution in [1.29, 1.82) is 0 Å². The average molecular weight is 392 g/mol. The third-order valence-electron chi connectivity index (χ3n) is 6.66. The number of anilines is 2. The van der Waals surface area contributed by atoms with Crippen molar-refractivity contribution in [2.75, 3.05) is 24.3 Å². The fraction of sp³-hybridized carbons (Fsp3) is 0.478. The first-order valence-corrected chi connectivity index (χ1v) is 10.6. The summed E-state index contributed by atoms with van der Waals surface area (Å²) < 4.78 is 5.15. The zero-order valence-corrected chi connectivity index (χ0v) is 17.2. The van der Waals surface area contributed by atoms with Crippen LogP contribution in [0.25, 0.3) is 10.9 Å². The maximum absolute atomic E-state index is 5.15. The lowest BCUT2D eigenvalue weighted by Gasteiger charge is -2.30. The molecule has 0 radical (unpaired) electrons. The molecule has 2 aromatic heterocycles. The van der Waals surface area contributed by atoms with Crippen LogP contribution in [0, 0.1) is 5.41 Å². The van der Waals surface area contributed by atoms with Gasteiger partial charge >= 0.3 is 0 Å². The predicted molar refractivity (Wildman–Crippen MR) is 116 cm³/mol. The van der Waals surface area contributed by atoms with Crippen LogP contribution in [0.1, 0.15) is 37.7 Å². The second kappa shape index (κ2) is 7.34. The Kier molecular flexibility index (Phi) is 4.66. The molecule has 1 spiro atoms. The lowest BCUT2D eigenvalue weighted by atomic mass is 9.82. The highest BCUT2D eigenvalue weighted by atomic mass is 16.3. The Balaban J connectivity index is 1.21. The topological polar surface area (TPSA) is 66.2 Å². The summed E-state index contributed by atoms with van der Waals surface area (Å²) in [7, 11) is 4.07. The van der Waals surface area contributed by atoms with Crippen LogP contribution in [0.2, 0.25) is 0 Å². The Bertz CT molecular complexity index is 976. The average Bonchev–Trinajstić information content (AvgIpc) is 3.13. The predicted octanol–water partition coefficient (Wildman–Crippen LogP) is 4.19. The SMILES string of the molecule is CN(C)c1nc(NC2CC23CCC(NCc2ccoc2)CC3)nc2ccccc12.